The van der Waals surface area contributed by atoms with E-state index in [-0.39, 0.29) is 5.37 Å². The molecule has 1 heterocycles. The zero-order valence-corrected chi connectivity index (χ0v) is 11.9. The summed E-state index contributed by atoms with van der Waals surface area (Å²) in [6.07, 6.45) is -0.660. The van der Waals surface area contributed by atoms with E-state index in [4.69, 9.17) is 0 Å². The van der Waals surface area contributed by atoms with Crippen molar-refractivity contribution in [2.75, 3.05) is 5.75 Å². The maximum absolute atomic E-state index is 12.4. The number of rotatable bonds is 4. The average Bonchev–Trinajstić information content (AvgIpc) is 2.90. The normalized spacial score (nSPS) is 23.6. The summed E-state index contributed by atoms with van der Waals surface area (Å²) in [6.45, 7) is 1.90. The van der Waals surface area contributed by atoms with Crippen molar-refractivity contribution in [1.82, 2.24) is 4.90 Å². The van der Waals surface area contributed by atoms with Gasteiger partial charge in [0.15, 0.2) is 6.10 Å². The van der Waals surface area contributed by atoms with Crippen LogP contribution < -0.4 is 0 Å². The number of hydrogen-bond donors (Lipinski definition) is 2. The van der Waals surface area contributed by atoms with Gasteiger partial charge in [-0.25, -0.2) is 4.79 Å². The van der Waals surface area contributed by atoms with Gasteiger partial charge in [0.25, 0.3) is 5.91 Å². The first-order valence-electron chi connectivity index (χ1n) is 6.45. The van der Waals surface area contributed by atoms with Crippen molar-refractivity contribution in [2.24, 2.45) is 0 Å². The molecule has 108 valence electrons. The van der Waals surface area contributed by atoms with E-state index < -0.39 is 24.0 Å². The lowest BCUT2D eigenvalue weighted by atomic mass is 10.1. The van der Waals surface area contributed by atoms with Gasteiger partial charge < -0.3 is 15.1 Å². The van der Waals surface area contributed by atoms with Crippen LogP contribution >= 0.6 is 11.8 Å². The number of hydrogen-bond acceptors (Lipinski definition) is 4. The zero-order valence-electron chi connectivity index (χ0n) is 11.1. The molecule has 1 aliphatic rings. The largest absolute Gasteiger partial charge is 0.480 e. The number of aliphatic hydroxyl groups is 1. The van der Waals surface area contributed by atoms with Gasteiger partial charge in [0, 0.05) is 5.75 Å². The number of benzene rings is 1. The molecule has 3 atom stereocenters. The van der Waals surface area contributed by atoms with Crippen LogP contribution in [0.2, 0.25) is 0 Å². The van der Waals surface area contributed by atoms with E-state index in [2.05, 4.69) is 0 Å². The highest BCUT2D eigenvalue weighted by Crippen LogP contribution is 2.33. The van der Waals surface area contributed by atoms with Gasteiger partial charge >= 0.3 is 5.97 Å². The van der Waals surface area contributed by atoms with E-state index in [9.17, 15) is 19.8 Å². The Morgan fingerprint density at radius 3 is 2.60 bits per heavy atom. The van der Waals surface area contributed by atoms with Crippen LogP contribution in [0, 0.1) is 0 Å². The number of carbonyl (C=O) groups excluding carboxylic acids is 1. The number of aliphatic carboxylic acids is 1. The molecule has 2 N–H and O–H groups in total. The molecule has 5 nitrogen and oxygen atoms in total. The Hall–Kier alpha value is -1.53. The van der Waals surface area contributed by atoms with Crippen LogP contribution in [0.25, 0.3) is 0 Å². The minimum atomic E-state index is -1.31. The second-order valence-electron chi connectivity index (χ2n) is 4.61. The summed E-state index contributed by atoms with van der Waals surface area (Å²) < 4.78 is 0. The molecule has 0 spiro atoms. The summed E-state index contributed by atoms with van der Waals surface area (Å²) >= 11 is 1.44. The number of carboxylic acid groups (broad SMARTS) is 1. The van der Waals surface area contributed by atoms with Crippen molar-refractivity contribution in [3.63, 3.8) is 0 Å². The van der Waals surface area contributed by atoms with Crippen LogP contribution in [0.3, 0.4) is 0 Å². The molecule has 1 aliphatic heterocycles. The summed E-state index contributed by atoms with van der Waals surface area (Å²) in [5.41, 5.74) is 0.480. The number of carbonyl (C=O) groups is 2. The maximum Gasteiger partial charge on any atom is 0.327 e. The van der Waals surface area contributed by atoms with Gasteiger partial charge in [0.05, 0.1) is 5.37 Å². The highest BCUT2D eigenvalue weighted by atomic mass is 32.2. The molecular weight excluding hydrogens is 278 g/mol. The van der Waals surface area contributed by atoms with Gasteiger partial charge in [-0.2, -0.15) is 0 Å². The predicted octanol–water partition coefficient (Wildman–Crippen LogP) is 1.48. The molecule has 3 unspecified atom stereocenters. The van der Waals surface area contributed by atoms with E-state index in [0.717, 1.165) is 0 Å². The quantitative estimate of drug-likeness (QED) is 0.880. The Labute approximate surface area is 121 Å². The fourth-order valence-corrected chi connectivity index (χ4v) is 3.64. The molecule has 0 aliphatic carbocycles. The van der Waals surface area contributed by atoms with Gasteiger partial charge in [-0.3, -0.25) is 4.79 Å². The maximum atomic E-state index is 12.4. The molecule has 1 amide bonds. The van der Waals surface area contributed by atoms with Crippen LogP contribution in [-0.2, 0) is 9.59 Å². The fourth-order valence-electron chi connectivity index (χ4n) is 2.28. The third-order valence-electron chi connectivity index (χ3n) is 3.33. The summed E-state index contributed by atoms with van der Waals surface area (Å²) in [4.78, 5) is 25.0. The minimum Gasteiger partial charge on any atom is -0.480 e. The smallest absolute Gasteiger partial charge is 0.327 e. The SMILES string of the molecule is CCC1SCC(C(=O)O)N1C(=O)C(O)c1ccccc1. The van der Waals surface area contributed by atoms with Crippen LogP contribution in [0.15, 0.2) is 30.3 Å². The molecule has 1 saturated heterocycles. The molecular formula is C14H17NO4S. The van der Waals surface area contributed by atoms with Crippen LogP contribution in [0.5, 0.6) is 0 Å². The lowest BCUT2D eigenvalue weighted by Crippen LogP contribution is -2.47. The van der Waals surface area contributed by atoms with Crippen molar-refractivity contribution in [2.45, 2.75) is 30.9 Å². The number of amides is 1. The Morgan fingerprint density at radius 2 is 2.05 bits per heavy atom. The first-order chi connectivity index (χ1) is 9.56. The molecule has 1 aromatic rings. The van der Waals surface area contributed by atoms with E-state index in [0.29, 0.717) is 17.7 Å². The standard InChI is InChI=1S/C14H17NO4S/c1-2-11-15(10(8-20-11)14(18)19)13(17)12(16)9-6-4-3-5-7-9/h3-7,10-12,16H,2,8H2,1H3,(H,18,19). The number of aliphatic hydroxyl groups excluding tert-OH is 1. The summed E-state index contributed by atoms with van der Waals surface area (Å²) in [7, 11) is 0. The topological polar surface area (TPSA) is 77.8 Å². The Kier molecular flexibility index (Phi) is 4.67. The van der Waals surface area contributed by atoms with Crippen molar-refractivity contribution in [1.29, 1.82) is 0 Å². The monoisotopic (exact) mass is 295 g/mol. The van der Waals surface area contributed by atoms with E-state index in [1.165, 1.54) is 16.7 Å². The van der Waals surface area contributed by atoms with Gasteiger partial charge in [-0.05, 0) is 12.0 Å². The van der Waals surface area contributed by atoms with Crippen LogP contribution in [0.4, 0.5) is 0 Å². The molecule has 20 heavy (non-hydrogen) atoms. The third kappa shape index (κ3) is 2.81. The molecule has 0 saturated carbocycles. The lowest BCUT2D eigenvalue weighted by molar-refractivity contribution is -0.153. The zero-order chi connectivity index (χ0) is 14.7. The Bertz CT molecular complexity index is 493. The first-order valence-corrected chi connectivity index (χ1v) is 7.50. The van der Waals surface area contributed by atoms with E-state index in [1.54, 1.807) is 30.3 Å². The van der Waals surface area contributed by atoms with E-state index >= 15 is 0 Å². The lowest BCUT2D eigenvalue weighted by Gasteiger charge is -2.28. The van der Waals surface area contributed by atoms with Crippen molar-refractivity contribution in [3.8, 4) is 0 Å². The second-order valence-corrected chi connectivity index (χ2v) is 5.82. The van der Waals surface area contributed by atoms with Gasteiger partial charge in [0.2, 0.25) is 0 Å². The Morgan fingerprint density at radius 1 is 1.40 bits per heavy atom. The molecule has 1 fully saturated rings. The molecule has 0 bridgehead atoms. The third-order valence-corrected chi connectivity index (χ3v) is 4.78. The molecule has 1 aromatic carbocycles. The summed E-state index contributed by atoms with van der Waals surface area (Å²) in [5, 5.41) is 19.2. The number of nitrogens with zero attached hydrogens (tertiary/aromatic N) is 1. The Balaban J connectivity index is 2.23. The molecule has 6 heteroatoms. The summed E-state index contributed by atoms with van der Waals surface area (Å²) in [6, 6.07) is 7.70. The molecule has 2 rings (SSSR count). The van der Waals surface area contributed by atoms with Gasteiger partial charge in [0.1, 0.15) is 6.04 Å². The van der Waals surface area contributed by atoms with Crippen LogP contribution in [-0.4, -0.2) is 44.2 Å². The van der Waals surface area contributed by atoms with E-state index in [1.807, 2.05) is 6.92 Å². The highest BCUT2D eigenvalue weighted by Gasteiger charge is 2.42. The minimum absolute atomic E-state index is 0.193. The summed E-state index contributed by atoms with van der Waals surface area (Å²) in [5.74, 6) is -1.20. The van der Waals surface area contributed by atoms with Gasteiger partial charge in [-0.15, -0.1) is 11.8 Å². The highest BCUT2D eigenvalue weighted by molar-refractivity contribution is 8.00. The number of carboxylic acids is 1. The fraction of sp³-hybridized carbons (Fsp3) is 0.429. The molecule has 0 aromatic heterocycles. The van der Waals surface area contributed by atoms with Gasteiger partial charge in [-0.1, -0.05) is 37.3 Å². The van der Waals surface area contributed by atoms with Crippen molar-refractivity contribution < 1.29 is 19.8 Å². The second kappa shape index (κ2) is 6.28. The van der Waals surface area contributed by atoms with Crippen molar-refractivity contribution in [3.05, 3.63) is 35.9 Å². The first kappa shape index (κ1) is 14.9. The molecule has 0 radical (unpaired) electrons. The predicted molar refractivity (Wildman–Crippen MR) is 76.2 cm³/mol. The number of thioether (sulfide) groups is 1. The average molecular weight is 295 g/mol. The van der Waals surface area contributed by atoms with Crippen molar-refractivity contribution >= 4 is 23.6 Å². The van der Waals surface area contributed by atoms with Crippen LogP contribution in [0.1, 0.15) is 25.0 Å².